The molecule has 90 valence electrons. The van der Waals surface area contributed by atoms with Gasteiger partial charge in [0, 0.05) is 6.54 Å². The zero-order valence-corrected chi connectivity index (χ0v) is 11.2. The van der Waals surface area contributed by atoms with Crippen LogP contribution in [-0.2, 0) is 13.0 Å². The average molecular weight is 219 g/mol. The molecule has 0 aromatic heterocycles. The van der Waals surface area contributed by atoms with E-state index in [0.29, 0.717) is 0 Å². The summed E-state index contributed by atoms with van der Waals surface area (Å²) >= 11 is 0. The van der Waals surface area contributed by atoms with E-state index in [-0.39, 0.29) is 0 Å². The van der Waals surface area contributed by atoms with Crippen LogP contribution in [0.3, 0.4) is 0 Å². The van der Waals surface area contributed by atoms with Gasteiger partial charge in [0.2, 0.25) is 0 Å². The lowest BCUT2D eigenvalue weighted by atomic mass is 10.0. The Kier molecular flexibility index (Phi) is 5.54. The van der Waals surface area contributed by atoms with Crippen molar-refractivity contribution < 1.29 is 0 Å². The Morgan fingerprint density at radius 2 is 1.62 bits per heavy atom. The molecule has 0 spiro atoms. The van der Waals surface area contributed by atoms with Crippen LogP contribution in [-0.4, -0.2) is 18.5 Å². The molecule has 0 fully saturated rings. The van der Waals surface area contributed by atoms with Gasteiger partial charge in [-0.05, 0) is 43.5 Å². The smallest absolute Gasteiger partial charge is 0.0230 e. The van der Waals surface area contributed by atoms with Gasteiger partial charge in [0.15, 0.2) is 0 Å². The third-order valence-corrected chi connectivity index (χ3v) is 2.72. The van der Waals surface area contributed by atoms with E-state index in [2.05, 4.69) is 57.0 Å². The number of nitrogens with zero attached hydrogens (tertiary/aromatic N) is 1. The fourth-order valence-electron chi connectivity index (χ4n) is 2.02. The molecule has 0 radical (unpaired) electrons. The first-order chi connectivity index (χ1) is 7.61. The molecule has 0 atom stereocenters. The van der Waals surface area contributed by atoms with Gasteiger partial charge in [-0.15, -0.1) is 0 Å². The third-order valence-electron chi connectivity index (χ3n) is 2.72. The van der Waals surface area contributed by atoms with E-state index in [0.717, 1.165) is 12.5 Å². The number of rotatable bonds is 6. The van der Waals surface area contributed by atoms with Crippen molar-refractivity contribution in [1.29, 1.82) is 0 Å². The first-order valence-corrected chi connectivity index (χ1v) is 6.38. The minimum absolute atomic E-state index is 0.744. The maximum atomic E-state index is 2.37. The Morgan fingerprint density at radius 1 is 1.06 bits per heavy atom. The minimum atomic E-state index is 0.744. The summed E-state index contributed by atoms with van der Waals surface area (Å²) < 4.78 is 0. The topological polar surface area (TPSA) is 3.24 Å². The van der Waals surface area contributed by atoms with Gasteiger partial charge in [-0.1, -0.05) is 45.0 Å². The van der Waals surface area contributed by atoms with Crippen LogP contribution in [0.2, 0.25) is 0 Å². The summed E-state index contributed by atoms with van der Waals surface area (Å²) in [4.78, 5) is 2.37. The average Bonchev–Trinajstić information content (AvgIpc) is 2.20. The quantitative estimate of drug-likeness (QED) is 0.704. The standard InChI is InChI=1S/C15H25N/c1-5-10-16(4)12-15-8-6-14(7-9-15)11-13(2)3/h6-9,13H,5,10-12H2,1-4H3. The Hall–Kier alpha value is -0.820. The van der Waals surface area contributed by atoms with E-state index >= 15 is 0 Å². The maximum Gasteiger partial charge on any atom is 0.0230 e. The van der Waals surface area contributed by atoms with E-state index in [1.165, 1.54) is 30.5 Å². The summed E-state index contributed by atoms with van der Waals surface area (Å²) in [7, 11) is 2.19. The highest BCUT2D eigenvalue weighted by Gasteiger charge is 2.00. The lowest BCUT2D eigenvalue weighted by Gasteiger charge is -2.15. The summed E-state index contributed by atoms with van der Waals surface area (Å²) in [6.07, 6.45) is 2.41. The van der Waals surface area contributed by atoms with Gasteiger partial charge in [0.1, 0.15) is 0 Å². The fourth-order valence-corrected chi connectivity index (χ4v) is 2.02. The van der Waals surface area contributed by atoms with Crippen LogP contribution in [0.1, 0.15) is 38.3 Å². The molecule has 0 aliphatic rings. The van der Waals surface area contributed by atoms with Crippen molar-refractivity contribution in [2.45, 2.75) is 40.2 Å². The first-order valence-electron chi connectivity index (χ1n) is 6.38. The van der Waals surface area contributed by atoms with E-state index in [1.807, 2.05) is 0 Å². The normalized spacial score (nSPS) is 11.4. The molecule has 0 saturated carbocycles. The van der Waals surface area contributed by atoms with E-state index < -0.39 is 0 Å². The largest absolute Gasteiger partial charge is 0.302 e. The molecule has 1 heteroatoms. The second kappa shape index (κ2) is 6.70. The summed E-state index contributed by atoms with van der Waals surface area (Å²) in [5, 5.41) is 0. The van der Waals surface area contributed by atoms with Crippen molar-refractivity contribution in [3.05, 3.63) is 35.4 Å². The second-order valence-corrected chi connectivity index (χ2v) is 5.15. The van der Waals surface area contributed by atoms with Crippen LogP contribution in [0.15, 0.2) is 24.3 Å². The monoisotopic (exact) mass is 219 g/mol. The van der Waals surface area contributed by atoms with Crippen molar-refractivity contribution in [1.82, 2.24) is 4.90 Å². The Bertz CT molecular complexity index is 287. The molecular formula is C15H25N. The molecule has 1 nitrogen and oxygen atoms in total. The van der Waals surface area contributed by atoms with Crippen molar-refractivity contribution in [2.24, 2.45) is 5.92 Å². The second-order valence-electron chi connectivity index (χ2n) is 5.15. The molecule has 0 aliphatic carbocycles. The number of hydrogen-bond donors (Lipinski definition) is 0. The molecule has 0 N–H and O–H groups in total. The molecule has 0 heterocycles. The number of hydrogen-bond acceptors (Lipinski definition) is 1. The van der Waals surface area contributed by atoms with Crippen LogP contribution in [0.4, 0.5) is 0 Å². The van der Waals surface area contributed by atoms with E-state index in [4.69, 9.17) is 0 Å². The molecule has 1 aromatic rings. The Labute approximate surface area is 100 Å². The van der Waals surface area contributed by atoms with Crippen molar-refractivity contribution in [3.8, 4) is 0 Å². The van der Waals surface area contributed by atoms with Crippen molar-refractivity contribution >= 4 is 0 Å². The highest BCUT2D eigenvalue weighted by Crippen LogP contribution is 2.11. The molecule has 0 bridgehead atoms. The summed E-state index contributed by atoms with van der Waals surface area (Å²) in [5.41, 5.74) is 2.88. The summed E-state index contributed by atoms with van der Waals surface area (Å²) in [6, 6.07) is 9.08. The summed E-state index contributed by atoms with van der Waals surface area (Å²) in [5.74, 6) is 0.744. The lowest BCUT2D eigenvalue weighted by molar-refractivity contribution is 0.327. The Morgan fingerprint density at radius 3 is 2.12 bits per heavy atom. The molecule has 0 saturated heterocycles. The molecular weight excluding hydrogens is 194 g/mol. The molecule has 1 rings (SSSR count). The van der Waals surface area contributed by atoms with Gasteiger partial charge < -0.3 is 4.90 Å². The van der Waals surface area contributed by atoms with Crippen LogP contribution in [0.5, 0.6) is 0 Å². The fraction of sp³-hybridized carbons (Fsp3) is 0.600. The summed E-state index contributed by atoms with van der Waals surface area (Å²) in [6.45, 7) is 9.00. The van der Waals surface area contributed by atoms with Crippen molar-refractivity contribution in [2.75, 3.05) is 13.6 Å². The van der Waals surface area contributed by atoms with Gasteiger partial charge >= 0.3 is 0 Å². The van der Waals surface area contributed by atoms with Crippen molar-refractivity contribution in [3.63, 3.8) is 0 Å². The molecule has 1 aromatic carbocycles. The molecule has 0 amide bonds. The van der Waals surface area contributed by atoms with Gasteiger partial charge in [0.05, 0.1) is 0 Å². The highest BCUT2D eigenvalue weighted by molar-refractivity contribution is 5.22. The third kappa shape index (κ3) is 4.80. The predicted molar refractivity (Wildman–Crippen MR) is 71.6 cm³/mol. The maximum absolute atomic E-state index is 2.37. The minimum Gasteiger partial charge on any atom is -0.302 e. The van der Waals surface area contributed by atoms with Gasteiger partial charge in [-0.25, -0.2) is 0 Å². The SMILES string of the molecule is CCCN(C)Cc1ccc(CC(C)C)cc1. The Balaban J connectivity index is 2.50. The highest BCUT2D eigenvalue weighted by atomic mass is 15.1. The van der Waals surface area contributed by atoms with Crippen LogP contribution >= 0.6 is 0 Å². The van der Waals surface area contributed by atoms with Crippen LogP contribution in [0, 0.1) is 5.92 Å². The van der Waals surface area contributed by atoms with Gasteiger partial charge in [-0.3, -0.25) is 0 Å². The van der Waals surface area contributed by atoms with Crippen LogP contribution < -0.4 is 0 Å². The zero-order valence-electron chi connectivity index (χ0n) is 11.2. The molecule has 0 aliphatic heterocycles. The van der Waals surface area contributed by atoms with Gasteiger partial charge in [-0.2, -0.15) is 0 Å². The lowest BCUT2D eigenvalue weighted by Crippen LogP contribution is -2.18. The zero-order chi connectivity index (χ0) is 12.0. The van der Waals surface area contributed by atoms with E-state index in [9.17, 15) is 0 Å². The van der Waals surface area contributed by atoms with Crippen LogP contribution in [0.25, 0.3) is 0 Å². The predicted octanol–water partition coefficient (Wildman–Crippen LogP) is 3.73. The number of benzene rings is 1. The molecule has 16 heavy (non-hydrogen) atoms. The van der Waals surface area contributed by atoms with Gasteiger partial charge in [0.25, 0.3) is 0 Å². The first kappa shape index (κ1) is 13.2. The molecule has 0 unspecified atom stereocenters. The van der Waals surface area contributed by atoms with E-state index in [1.54, 1.807) is 0 Å².